The third-order valence-electron chi connectivity index (χ3n) is 4.41. The van der Waals surface area contributed by atoms with E-state index in [0.29, 0.717) is 5.46 Å². The maximum atomic E-state index is 10.8. The molecule has 1 saturated heterocycles. The van der Waals surface area contributed by atoms with E-state index in [1.54, 1.807) is 12.1 Å². The number of hydrogen-bond donors (Lipinski definition) is 3. The van der Waals surface area contributed by atoms with Gasteiger partial charge in [-0.05, 0) is 33.8 Å². The number of carbonyl (C=O) groups is 1. The summed E-state index contributed by atoms with van der Waals surface area (Å²) in [7, 11) is -0.547. The molecule has 0 bridgehead atoms. The van der Waals surface area contributed by atoms with Crippen molar-refractivity contribution in [2.75, 3.05) is 0 Å². The van der Waals surface area contributed by atoms with E-state index in [0.717, 1.165) is 0 Å². The molecule has 1 aliphatic rings. The topological polar surface area (TPSA) is 115 Å². The Balaban J connectivity index is 2.10. The van der Waals surface area contributed by atoms with Gasteiger partial charge in [0.25, 0.3) is 0 Å². The average Bonchev–Trinajstić information content (AvgIpc) is 2.66. The Morgan fingerprint density at radius 1 is 1.26 bits per heavy atom. The monoisotopic (exact) mass is 322 g/mol. The first-order valence-corrected chi connectivity index (χ1v) is 7.49. The van der Waals surface area contributed by atoms with Gasteiger partial charge < -0.3 is 25.3 Å². The summed E-state index contributed by atoms with van der Waals surface area (Å²) in [6.07, 6.45) is -1.38. The van der Waals surface area contributed by atoms with Crippen LogP contribution in [0.4, 0.5) is 0 Å². The number of aliphatic hydroxyl groups excluding tert-OH is 2. The predicted octanol–water partition coefficient (Wildman–Crippen LogP) is -0.349. The molecule has 2 heterocycles. The summed E-state index contributed by atoms with van der Waals surface area (Å²) in [5.41, 5.74) is 5.06. The summed E-state index contributed by atoms with van der Waals surface area (Å²) in [6.45, 7) is 7.83. The fourth-order valence-corrected chi connectivity index (χ4v) is 2.23. The zero-order chi connectivity index (χ0) is 17.4. The predicted molar refractivity (Wildman–Crippen MR) is 84.7 cm³/mol. The molecular formula is C15H23BN2O5. The zero-order valence-electron chi connectivity index (χ0n) is 13.8. The lowest BCUT2D eigenvalue weighted by molar-refractivity contribution is -0.121. The van der Waals surface area contributed by atoms with Crippen molar-refractivity contribution < 1.29 is 24.3 Å². The summed E-state index contributed by atoms with van der Waals surface area (Å²) in [5.74, 6) is -0.689. The second-order valence-electron chi connectivity index (χ2n) is 6.79. The summed E-state index contributed by atoms with van der Waals surface area (Å²) in [6, 6.07) is 3.28. The van der Waals surface area contributed by atoms with Gasteiger partial charge in [0.15, 0.2) is 0 Å². The SMILES string of the molecule is CC1(C)OB(c2ccc(C(O)C(O)CC(N)=O)nc2)OC1(C)C. The normalized spacial score (nSPS) is 21.9. The second kappa shape index (κ2) is 6.20. The molecule has 1 amide bonds. The molecule has 0 spiro atoms. The molecule has 0 aliphatic carbocycles. The van der Waals surface area contributed by atoms with Gasteiger partial charge in [0.1, 0.15) is 6.10 Å². The van der Waals surface area contributed by atoms with Crippen molar-refractivity contribution in [3.8, 4) is 0 Å². The highest BCUT2D eigenvalue weighted by Crippen LogP contribution is 2.36. The van der Waals surface area contributed by atoms with Crippen LogP contribution in [0.1, 0.15) is 45.9 Å². The molecule has 0 aromatic carbocycles. The van der Waals surface area contributed by atoms with Gasteiger partial charge in [-0.3, -0.25) is 9.78 Å². The van der Waals surface area contributed by atoms with Gasteiger partial charge in [0, 0.05) is 11.7 Å². The average molecular weight is 322 g/mol. The fourth-order valence-electron chi connectivity index (χ4n) is 2.23. The fraction of sp³-hybridized carbons (Fsp3) is 0.600. The molecule has 1 aliphatic heterocycles. The minimum absolute atomic E-state index is 0.249. The van der Waals surface area contributed by atoms with E-state index in [2.05, 4.69) is 4.98 Å². The van der Waals surface area contributed by atoms with Crippen LogP contribution >= 0.6 is 0 Å². The van der Waals surface area contributed by atoms with Gasteiger partial charge in [-0.25, -0.2) is 0 Å². The smallest absolute Gasteiger partial charge is 0.399 e. The van der Waals surface area contributed by atoms with Crippen LogP contribution in [0.3, 0.4) is 0 Å². The van der Waals surface area contributed by atoms with Crippen LogP contribution in [0.2, 0.25) is 0 Å². The Hall–Kier alpha value is -1.48. The van der Waals surface area contributed by atoms with Crippen molar-refractivity contribution in [1.82, 2.24) is 4.98 Å². The third kappa shape index (κ3) is 3.72. The van der Waals surface area contributed by atoms with E-state index in [1.807, 2.05) is 27.7 Å². The number of primary amides is 1. The first-order chi connectivity index (χ1) is 10.5. The largest absolute Gasteiger partial charge is 0.496 e. The van der Waals surface area contributed by atoms with E-state index >= 15 is 0 Å². The first kappa shape index (κ1) is 17.9. The van der Waals surface area contributed by atoms with E-state index in [-0.39, 0.29) is 12.1 Å². The molecule has 8 heteroatoms. The van der Waals surface area contributed by atoms with Crippen molar-refractivity contribution in [1.29, 1.82) is 0 Å². The quantitative estimate of drug-likeness (QED) is 0.638. The Morgan fingerprint density at radius 2 is 1.83 bits per heavy atom. The number of hydrogen-bond acceptors (Lipinski definition) is 6. The van der Waals surface area contributed by atoms with Crippen LogP contribution in [0.15, 0.2) is 18.3 Å². The number of nitrogens with two attached hydrogens (primary N) is 1. The number of pyridine rings is 1. The number of aromatic nitrogens is 1. The zero-order valence-corrected chi connectivity index (χ0v) is 13.8. The first-order valence-electron chi connectivity index (χ1n) is 7.49. The second-order valence-corrected chi connectivity index (χ2v) is 6.79. The maximum absolute atomic E-state index is 10.8. The van der Waals surface area contributed by atoms with E-state index < -0.39 is 36.4 Å². The summed E-state index contributed by atoms with van der Waals surface area (Å²) in [4.78, 5) is 14.9. The Kier molecular flexibility index (Phi) is 4.82. The van der Waals surface area contributed by atoms with Gasteiger partial charge in [0.05, 0.1) is 29.4 Å². The molecule has 1 aromatic rings. The molecule has 126 valence electrons. The van der Waals surface area contributed by atoms with Crippen molar-refractivity contribution in [3.63, 3.8) is 0 Å². The standard InChI is InChI=1S/C15H23BN2O5/c1-14(2)15(3,4)23-16(22-14)9-5-6-10(18-8-9)13(21)11(19)7-12(17)20/h5-6,8,11,13,19,21H,7H2,1-4H3,(H2,17,20). The summed E-state index contributed by atoms with van der Waals surface area (Å²) < 4.78 is 11.8. The molecule has 23 heavy (non-hydrogen) atoms. The minimum Gasteiger partial charge on any atom is -0.399 e. The van der Waals surface area contributed by atoms with Crippen LogP contribution in [-0.4, -0.2) is 45.5 Å². The highest BCUT2D eigenvalue weighted by Gasteiger charge is 2.51. The molecule has 0 saturated carbocycles. The van der Waals surface area contributed by atoms with E-state index in [1.165, 1.54) is 6.20 Å². The molecule has 1 aromatic heterocycles. The molecule has 7 nitrogen and oxygen atoms in total. The molecule has 1 fully saturated rings. The molecule has 2 rings (SSSR count). The van der Waals surface area contributed by atoms with Gasteiger partial charge >= 0.3 is 7.12 Å². The van der Waals surface area contributed by atoms with Crippen LogP contribution in [0.25, 0.3) is 0 Å². The van der Waals surface area contributed by atoms with Gasteiger partial charge in [-0.1, -0.05) is 6.07 Å². The van der Waals surface area contributed by atoms with Gasteiger partial charge in [-0.2, -0.15) is 0 Å². The number of rotatable bonds is 5. The lowest BCUT2D eigenvalue weighted by Crippen LogP contribution is -2.41. The summed E-state index contributed by atoms with van der Waals surface area (Å²) in [5, 5.41) is 19.7. The Bertz CT molecular complexity index is 560. The lowest BCUT2D eigenvalue weighted by atomic mass is 9.80. The van der Waals surface area contributed by atoms with Crippen LogP contribution in [0, 0.1) is 0 Å². The van der Waals surface area contributed by atoms with Crippen LogP contribution in [0.5, 0.6) is 0 Å². The molecule has 4 N–H and O–H groups in total. The van der Waals surface area contributed by atoms with Crippen molar-refractivity contribution in [2.24, 2.45) is 5.73 Å². The maximum Gasteiger partial charge on any atom is 0.496 e. The van der Waals surface area contributed by atoms with E-state index in [4.69, 9.17) is 15.0 Å². The highest BCUT2D eigenvalue weighted by atomic mass is 16.7. The van der Waals surface area contributed by atoms with Crippen LogP contribution < -0.4 is 11.2 Å². The number of carbonyl (C=O) groups excluding carboxylic acids is 1. The third-order valence-corrected chi connectivity index (χ3v) is 4.41. The van der Waals surface area contributed by atoms with Crippen LogP contribution in [-0.2, 0) is 14.1 Å². The number of nitrogens with zero attached hydrogens (tertiary/aromatic N) is 1. The summed E-state index contributed by atoms with van der Waals surface area (Å²) >= 11 is 0. The molecule has 2 atom stereocenters. The molecule has 2 unspecified atom stereocenters. The van der Waals surface area contributed by atoms with Crippen molar-refractivity contribution in [3.05, 3.63) is 24.0 Å². The van der Waals surface area contributed by atoms with E-state index in [9.17, 15) is 15.0 Å². The molecule has 0 radical (unpaired) electrons. The number of amides is 1. The minimum atomic E-state index is -1.29. The van der Waals surface area contributed by atoms with Gasteiger partial charge in [-0.15, -0.1) is 0 Å². The Labute approximate surface area is 136 Å². The van der Waals surface area contributed by atoms with Gasteiger partial charge in [0.2, 0.25) is 5.91 Å². The molecular weight excluding hydrogens is 299 g/mol. The lowest BCUT2D eigenvalue weighted by Gasteiger charge is -2.32. The highest BCUT2D eigenvalue weighted by molar-refractivity contribution is 6.62. The van der Waals surface area contributed by atoms with Crippen molar-refractivity contribution >= 4 is 18.5 Å². The Morgan fingerprint density at radius 3 is 2.26 bits per heavy atom. The number of aliphatic hydroxyl groups is 2. The van der Waals surface area contributed by atoms with Crippen molar-refractivity contribution in [2.45, 2.75) is 57.5 Å².